The Hall–Kier alpha value is -3.22. The summed E-state index contributed by atoms with van der Waals surface area (Å²) in [5.74, 6) is -0.625. The van der Waals surface area contributed by atoms with Crippen LogP contribution < -0.4 is 4.74 Å². The van der Waals surface area contributed by atoms with Gasteiger partial charge >= 0.3 is 5.97 Å². The van der Waals surface area contributed by atoms with Gasteiger partial charge in [0.05, 0.1) is 22.3 Å². The van der Waals surface area contributed by atoms with E-state index in [0.717, 1.165) is 17.8 Å². The largest absolute Gasteiger partial charge is 0.490 e. The molecule has 0 bridgehead atoms. The van der Waals surface area contributed by atoms with Crippen LogP contribution in [0.25, 0.3) is 12.2 Å². The van der Waals surface area contributed by atoms with Crippen LogP contribution in [-0.4, -0.2) is 27.1 Å². The Bertz CT molecular complexity index is 799. The molecule has 1 aromatic carbocycles. The molecule has 0 amide bonds. The summed E-state index contributed by atoms with van der Waals surface area (Å²) in [6, 6.07) is 8.28. The van der Waals surface area contributed by atoms with E-state index in [-0.39, 0.29) is 23.0 Å². The summed E-state index contributed by atoms with van der Waals surface area (Å²) < 4.78 is 5.68. The SMILES string of the molecule is CC(C)Oc1ccccc1/C=C/c1ncc([N+](=O)[O-])cc1C(=O)O. The molecular formula is C17H16N2O5. The van der Waals surface area contributed by atoms with Crippen LogP contribution >= 0.6 is 0 Å². The molecule has 7 nitrogen and oxygen atoms in total. The molecule has 0 aliphatic carbocycles. The van der Waals surface area contributed by atoms with Crippen LogP contribution in [-0.2, 0) is 0 Å². The second kappa shape index (κ2) is 7.36. The highest BCUT2D eigenvalue weighted by Gasteiger charge is 2.16. The van der Waals surface area contributed by atoms with Gasteiger partial charge < -0.3 is 9.84 Å². The molecule has 1 N–H and O–H groups in total. The minimum absolute atomic E-state index is 0.00775. The molecule has 0 aliphatic heterocycles. The highest BCUT2D eigenvalue weighted by atomic mass is 16.6. The van der Waals surface area contributed by atoms with E-state index < -0.39 is 10.9 Å². The fraction of sp³-hybridized carbons (Fsp3) is 0.176. The van der Waals surface area contributed by atoms with Crippen molar-refractivity contribution in [3.05, 3.63) is 63.5 Å². The van der Waals surface area contributed by atoms with Gasteiger partial charge in [0.25, 0.3) is 5.69 Å². The molecule has 1 aromatic heterocycles. The lowest BCUT2D eigenvalue weighted by molar-refractivity contribution is -0.385. The van der Waals surface area contributed by atoms with Crippen LogP contribution in [0.1, 0.15) is 35.5 Å². The van der Waals surface area contributed by atoms with E-state index in [1.54, 1.807) is 12.1 Å². The van der Waals surface area contributed by atoms with Gasteiger partial charge in [0.2, 0.25) is 0 Å². The van der Waals surface area contributed by atoms with Gasteiger partial charge in [-0.1, -0.05) is 18.2 Å². The lowest BCUT2D eigenvalue weighted by Gasteiger charge is -2.12. The van der Waals surface area contributed by atoms with Crippen molar-refractivity contribution in [3.63, 3.8) is 0 Å². The molecule has 7 heteroatoms. The van der Waals surface area contributed by atoms with Crippen LogP contribution in [0.4, 0.5) is 5.69 Å². The summed E-state index contributed by atoms with van der Waals surface area (Å²) in [6.07, 6.45) is 4.18. The fourth-order valence-corrected chi connectivity index (χ4v) is 2.02. The summed E-state index contributed by atoms with van der Waals surface area (Å²) in [7, 11) is 0. The monoisotopic (exact) mass is 328 g/mol. The number of hydrogen-bond donors (Lipinski definition) is 1. The number of carbonyl (C=O) groups is 1. The Kier molecular flexibility index (Phi) is 5.26. The number of nitrogens with zero attached hydrogens (tertiary/aromatic N) is 2. The maximum atomic E-state index is 11.3. The first-order valence-electron chi connectivity index (χ1n) is 7.20. The number of hydrogen-bond acceptors (Lipinski definition) is 5. The zero-order valence-electron chi connectivity index (χ0n) is 13.2. The second-order valence-corrected chi connectivity index (χ2v) is 5.23. The van der Waals surface area contributed by atoms with Crippen molar-refractivity contribution in [2.75, 3.05) is 0 Å². The molecule has 0 fully saturated rings. The van der Waals surface area contributed by atoms with Gasteiger partial charge in [-0.25, -0.2) is 9.78 Å². The molecule has 2 rings (SSSR count). The quantitative estimate of drug-likeness (QED) is 0.641. The predicted molar refractivity (Wildman–Crippen MR) is 89.0 cm³/mol. The molecule has 0 radical (unpaired) electrons. The smallest absolute Gasteiger partial charge is 0.338 e. The van der Waals surface area contributed by atoms with E-state index in [2.05, 4.69) is 4.98 Å². The molecule has 124 valence electrons. The number of benzene rings is 1. The Morgan fingerprint density at radius 1 is 1.33 bits per heavy atom. The normalized spacial score (nSPS) is 11.0. The van der Waals surface area contributed by atoms with Crippen molar-refractivity contribution >= 4 is 23.8 Å². The Balaban J connectivity index is 2.39. The number of aromatic carboxylic acids is 1. The van der Waals surface area contributed by atoms with Gasteiger partial charge in [-0.05, 0) is 32.1 Å². The minimum Gasteiger partial charge on any atom is -0.490 e. The van der Waals surface area contributed by atoms with Crippen molar-refractivity contribution < 1.29 is 19.6 Å². The van der Waals surface area contributed by atoms with Crippen molar-refractivity contribution in [2.45, 2.75) is 20.0 Å². The average Bonchev–Trinajstić information content (AvgIpc) is 2.53. The van der Waals surface area contributed by atoms with E-state index in [1.165, 1.54) is 6.08 Å². The molecule has 0 saturated heterocycles. The average molecular weight is 328 g/mol. The lowest BCUT2D eigenvalue weighted by Crippen LogP contribution is -2.06. The van der Waals surface area contributed by atoms with Gasteiger partial charge in [0.1, 0.15) is 11.9 Å². The van der Waals surface area contributed by atoms with Gasteiger partial charge in [0.15, 0.2) is 0 Å². The number of ether oxygens (including phenoxy) is 1. The molecule has 0 unspecified atom stereocenters. The topological polar surface area (TPSA) is 103 Å². The molecule has 24 heavy (non-hydrogen) atoms. The van der Waals surface area contributed by atoms with Gasteiger partial charge in [-0.2, -0.15) is 0 Å². The number of para-hydroxylation sites is 1. The van der Waals surface area contributed by atoms with E-state index in [1.807, 2.05) is 32.0 Å². The summed E-state index contributed by atoms with van der Waals surface area (Å²) in [6.45, 7) is 3.81. The summed E-state index contributed by atoms with van der Waals surface area (Å²) >= 11 is 0. The van der Waals surface area contributed by atoms with Crippen LogP contribution in [0.15, 0.2) is 36.5 Å². The Labute approximate surface area is 138 Å². The van der Waals surface area contributed by atoms with Crippen molar-refractivity contribution in [3.8, 4) is 5.75 Å². The Morgan fingerprint density at radius 3 is 2.67 bits per heavy atom. The molecule has 0 spiro atoms. The third-order valence-electron chi connectivity index (χ3n) is 3.05. The Morgan fingerprint density at radius 2 is 2.04 bits per heavy atom. The predicted octanol–water partition coefficient (Wildman–Crippen LogP) is 3.65. The zero-order valence-corrected chi connectivity index (χ0v) is 13.2. The van der Waals surface area contributed by atoms with E-state index in [4.69, 9.17) is 4.74 Å². The molecule has 1 heterocycles. The third-order valence-corrected chi connectivity index (χ3v) is 3.05. The lowest BCUT2D eigenvalue weighted by atomic mass is 10.1. The second-order valence-electron chi connectivity index (χ2n) is 5.23. The first kappa shape index (κ1) is 17.1. The van der Waals surface area contributed by atoms with Crippen molar-refractivity contribution in [1.29, 1.82) is 0 Å². The third kappa shape index (κ3) is 4.16. The number of aromatic nitrogens is 1. The first-order chi connectivity index (χ1) is 11.4. The fourth-order valence-electron chi connectivity index (χ4n) is 2.02. The highest BCUT2D eigenvalue weighted by molar-refractivity contribution is 5.93. The molecule has 0 atom stereocenters. The van der Waals surface area contributed by atoms with Crippen molar-refractivity contribution in [1.82, 2.24) is 4.98 Å². The maximum Gasteiger partial charge on any atom is 0.338 e. The molecular weight excluding hydrogens is 312 g/mol. The number of carboxylic acids is 1. The molecule has 0 saturated carbocycles. The standard InChI is InChI=1S/C17H16N2O5/c1-11(2)24-16-6-4-3-5-12(16)7-8-15-14(17(20)21)9-13(10-18-15)19(22)23/h3-11H,1-2H3,(H,20,21)/b8-7+. The summed E-state index contributed by atoms with van der Waals surface area (Å²) in [4.78, 5) is 25.2. The van der Waals surface area contributed by atoms with Crippen LogP contribution in [0.3, 0.4) is 0 Å². The summed E-state index contributed by atoms with van der Waals surface area (Å²) in [5.41, 5.74) is 0.283. The van der Waals surface area contributed by atoms with E-state index >= 15 is 0 Å². The van der Waals surface area contributed by atoms with Crippen LogP contribution in [0.2, 0.25) is 0 Å². The highest BCUT2D eigenvalue weighted by Crippen LogP contribution is 2.23. The summed E-state index contributed by atoms with van der Waals surface area (Å²) in [5, 5.41) is 20.0. The van der Waals surface area contributed by atoms with E-state index in [0.29, 0.717) is 5.75 Å². The number of pyridine rings is 1. The van der Waals surface area contributed by atoms with Crippen LogP contribution in [0, 0.1) is 10.1 Å². The minimum atomic E-state index is -1.28. The molecule has 0 aliphatic rings. The first-order valence-corrected chi connectivity index (χ1v) is 7.20. The van der Waals surface area contributed by atoms with Gasteiger partial charge in [0, 0.05) is 11.6 Å². The van der Waals surface area contributed by atoms with Crippen molar-refractivity contribution in [2.24, 2.45) is 0 Å². The van der Waals surface area contributed by atoms with Gasteiger partial charge in [-0.3, -0.25) is 10.1 Å². The number of nitro groups is 1. The van der Waals surface area contributed by atoms with E-state index in [9.17, 15) is 20.0 Å². The molecule has 2 aromatic rings. The maximum absolute atomic E-state index is 11.3. The number of rotatable bonds is 6. The van der Waals surface area contributed by atoms with Gasteiger partial charge in [-0.15, -0.1) is 0 Å². The van der Waals surface area contributed by atoms with Crippen LogP contribution in [0.5, 0.6) is 5.75 Å². The number of carboxylic acid groups (broad SMARTS) is 1. The zero-order chi connectivity index (χ0) is 17.7.